The summed E-state index contributed by atoms with van der Waals surface area (Å²) in [5.41, 5.74) is 8.30. The molecule has 6 heteroatoms. The van der Waals surface area contributed by atoms with Crippen molar-refractivity contribution < 1.29 is 4.79 Å². The zero-order valence-electron chi connectivity index (χ0n) is 22.4. The van der Waals surface area contributed by atoms with E-state index in [1.54, 1.807) is 0 Å². The summed E-state index contributed by atoms with van der Waals surface area (Å²) in [6, 6.07) is 29.2. The third kappa shape index (κ3) is 7.81. The molecule has 5 N–H and O–H groups in total. The predicted molar refractivity (Wildman–Crippen MR) is 164 cm³/mol. The van der Waals surface area contributed by atoms with Crippen molar-refractivity contribution in [1.29, 1.82) is 0 Å². The van der Waals surface area contributed by atoms with E-state index in [-0.39, 0.29) is 24.0 Å². The van der Waals surface area contributed by atoms with Crippen LogP contribution in [0.3, 0.4) is 0 Å². The van der Waals surface area contributed by atoms with E-state index < -0.39 is 0 Å². The molecule has 0 heterocycles. The fourth-order valence-electron chi connectivity index (χ4n) is 4.70. The largest absolute Gasteiger partial charge is 0.351 e. The van der Waals surface area contributed by atoms with E-state index in [9.17, 15) is 4.79 Å². The number of hydrogen-bond donors (Lipinski definition) is 5. The van der Waals surface area contributed by atoms with Crippen LogP contribution in [0, 0.1) is 5.92 Å². The van der Waals surface area contributed by atoms with Crippen molar-refractivity contribution in [2.24, 2.45) is 11.7 Å². The molecule has 0 aromatic heterocycles. The molecule has 3 atom stereocenters. The van der Waals surface area contributed by atoms with Gasteiger partial charge in [-0.3, -0.25) is 4.79 Å². The Morgan fingerprint density at radius 3 is 1.97 bits per heavy atom. The molecular formula is C32H40N4OS. The Bertz CT molecular complexity index is 1340. The van der Waals surface area contributed by atoms with E-state index >= 15 is 0 Å². The van der Waals surface area contributed by atoms with Crippen LogP contribution in [0.2, 0.25) is 0 Å². The molecule has 4 aromatic carbocycles. The monoisotopic (exact) mass is 528 g/mol. The van der Waals surface area contributed by atoms with E-state index in [1.807, 2.05) is 24.3 Å². The number of carbonyl (C=O) groups excluding carboxylic acids is 1. The quantitative estimate of drug-likeness (QED) is 0.163. The summed E-state index contributed by atoms with van der Waals surface area (Å²) < 4.78 is 0. The standard InChI is InChI=1S/C32H40N4OS/c1-22(2)31(34-19-29(33)21-38)20-35-30(17-23-11-13-25-7-3-5-9-27(25)15-23)32(37)36-18-24-12-14-26-8-4-6-10-28(26)16-24/h3-16,22,29-31,34-35,38H,17-21,33H2,1-2H3,(H,36,37)/t29-,30+,31-/m1/s1. The number of rotatable bonds is 13. The van der Waals surface area contributed by atoms with E-state index in [0.29, 0.717) is 37.7 Å². The van der Waals surface area contributed by atoms with Crippen molar-refractivity contribution in [1.82, 2.24) is 16.0 Å². The lowest BCUT2D eigenvalue weighted by Crippen LogP contribution is -2.52. The molecule has 5 nitrogen and oxygen atoms in total. The number of nitrogens with one attached hydrogen (secondary N) is 3. The van der Waals surface area contributed by atoms with Crippen molar-refractivity contribution in [3.63, 3.8) is 0 Å². The van der Waals surface area contributed by atoms with Gasteiger partial charge < -0.3 is 21.7 Å². The molecule has 0 saturated heterocycles. The molecule has 0 radical (unpaired) electrons. The highest BCUT2D eigenvalue weighted by atomic mass is 32.1. The minimum Gasteiger partial charge on any atom is -0.351 e. The molecule has 200 valence electrons. The normalized spacial score (nSPS) is 14.0. The van der Waals surface area contributed by atoms with E-state index in [0.717, 1.165) is 11.1 Å². The van der Waals surface area contributed by atoms with Gasteiger partial charge in [-0.25, -0.2) is 0 Å². The summed E-state index contributed by atoms with van der Waals surface area (Å²) in [6.07, 6.45) is 0.607. The van der Waals surface area contributed by atoms with Gasteiger partial charge in [-0.15, -0.1) is 0 Å². The van der Waals surface area contributed by atoms with E-state index in [4.69, 9.17) is 5.73 Å². The van der Waals surface area contributed by atoms with Gasteiger partial charge >= 0.3 is 0 Å². The second-order valence-electron chi connectivity index (χ2n) is 10.4. The summed E-state index contributed by atoms with van der Waals surface area (Å²) in [5, 5.41) is 15.1. The smallest absolute Gasteiger partial charge is 0.237 e. The second-order valence-corrected chi connectivity index (χ2v) is 10.8. The van der Waals surface area contributed by atoms with Crippen molar-refractivity contribution >= 4 is 40.1 Å². The van der Waals surface area contributed by atoms with E-state index in [1.165, 1.54) is 21.5 Å². The molecule has 0 spiro atoms. The Morgan fingerprint density at radius 1 is 0.789 bits per heavy atom. The summed E-state index contributed by atoms with van der Waals surface area (Å²) in [7, 11) is 0. The van der Waals surface area contributed by atoms with Gasteiger partial charge in [-0.1, -0.05) is 92.7 Å². The molecule has 0 saturated carbocycles. The highest BCUT2D eigenvalue weighted by Gasteiger charge is 2.22. The molecule has 0 unspecified atom stereocenters. The molecule has 0 aliphatic carbocycles. The van der Waals surface area contributed by atoms with Crippen LogP contribution in [-0.4, -0.2) is 42.9 Å². The zero-order valence-corrected chi connectivity index (χ0v) is 23.3. The Morgan fingerprint density at radius 2 is 1.37 bits per heavy atom. The van der Waals surface area contributed by atoms with Crippen molar-refractivity contribution in [2.75, 3.05) is 18.8 Å². The molecule has 4 aromatic rings. The van der Waals surface area contributed by atoms with Gasteiger partial charge in [0.05, 0.1) is 6.04 Å². The van der Waals surface area contributed by atoms with Gasteiger partial charge in [0.1, 0.15) is 0 Å². The van der Waals surface area contributed by atoms with Crippen molar-refractivity contribution in [3.05, 3.63) is 96.1 Å². The Balaban J connectivity index is 1.47. The molecule has 0 aliphatic heterocycles. The SMILES string of the molecule is CC(C)[C@@H](CN[C@@H](Cc1ccc2ccccc2c1)C(=O)NCc1ccc2ccccc2c1)NC[C@@H](N)CS. The maximum Gasteiger partial charge on any atom is 0.237 e. The maximum absolute atomic E-state index is 13.5. The lowest BCUT2D eigenvalue weighted by molar-refractivity contribution is -0.123. The van der Waals surface area contributed by atoms with Crippen molar-refractivity contribution in [3.8, 4) is 0 Å². The van der Waals surface area contributed by atoms with Crippen LogP contribution < -0.4 is 21.7 Å². The topological polar surface area (TPSA) is 79.2 Å². The molecule has 0 aliphatic rings. The summed E-state index contributed by atoms with van der Waals surface area (Å²) in [5.74, 6) is 1.02. The number of amides is 1. The second kappa shape index (κ2) is 13.8. The van der Waals surface area contributed by atoms with Crippen molar-refractivity contribution in [2.45, 2.75) is 44.9 Å². The number of nitrogens with two attached hydrogens (primary N) is 1. The average Bonchev–Trinajstić information content (AvgIpc) is 2.94. The van der Waals surface area contributed by atoms with Gasteiger partial charge in [-0.05, 0) is 51.1 Å². The minimum absolute atomic E-state index is 0.000818. The van der Waals surface area contributed by atoms with Crippen LogP contribution in [0.15, 0.2) is 84.9 Å². The molecule has 38 heavy (non-hydrogen) atoms. The molecule has 0 fully saturated rings. The van der Waals surface area contributed by atoms with Crippen LogP contribution in [0.4, 0.5) is 0 Å². The maximum atomic E-state index is 13.5. The van der Waals surface area contributed by atoms with Crippen LogP contribution >= 0.6 is 12.6 Å². The first-order valence-corrected chi connectivity index (χ1v) is 14.1. The Labute approximate surface area is 232 Å². The summed E-state index contributed by atoms with van der Waals surface area (Å²) in [6.45, 7) is 6.21. The fraction of sp³-hybridized carbons (Fsp3) is 0.344. The van der Waals surface area contributed by atoms with Gasteiger partial charge in [-0.2, -0.15) is 12.6 Å². The average molecular weight is 529 g/mol. The van der Waals surface area contributed by atoms with Gasteiger partial charge in [0.25, 0.3) is 0 Å². The highest BCUT2D eigenvalue weighted by Crippen LogP contribution is 2.18. The van der Waals surface area contributed by atoms with Gasteiger partial charge in [0, 0.05) is 37.5 Å². The first-order valence-electron chi connectivity index (χ1n) is 13.5. The number of benzene rings is 4. The lowest BCUT2D eigenvalue weighted by Gasteiger charge is -2.27. The number of thiol groups is 1. The zero-order chi connectivity index (χ0) is 26.9. The molecule has 0 bridgehead atoms. The van der Waals surface area contributed by atoms with Crippen LogP contribution in [0.5, 0.6) is 0 Å². The van der Waals surface area contributed by atoms with Gasteiger partial charge in [0.15, 0.2) is 0 Å². The summed E-state index contributed by atoms with van der Waals surface area (Å²) in [4.78, 5) is 13.5. The third-order valence-electron chi connectivity index (χ3n) is 7.12. The van der Waals surface area contributed by atoms with E-state index in [2.05, 4.69) is 103 Å². The van der Waals surface area contributed by atoms with Crippen LogP contribution in [0.25, 0.3) is 21.5 Å². The third-order valence-corrected chi connectivity index (χ3v) is 7.59. The minimum atomic E-state index is -0.363. The molecule has 1 amide bonds. The van der Waals surface area contributed by atoms with Gasteiger partial charge in [0.2, 0.25) is 5.91 Å². The Hall–Kier alpha value is -2.90. The highest BCUT2D eigenvalue weighted by molar-refractivity contribution is 7.80. The fourth-order valence-corrected chi connectivity index (χ4v) is 4.83. The first-order chi connectivity index (χ1) is 18.4. The predicted octanol–water partition coefficient (Wildman–Crippen LogP) is 4.68. The van der Waals surface area contributed by atoms with Crippen LogP contribution in [-0.2, 0) is 17.8 Å². The van der Waals surface area contributed by atoms with Crippen LogP contribution in [0.1, 0.15) is 25.0 Å². The molecule has 4 rings (SSSR count). The first kappa shape index (κ1) is 28.1. The number of fused-ring (bicyclic) bond motifs is 2. The summed E-state index contributed by atoms with van der Waals surface area (Å²) >= 11 is 4.30. The number of hydrogen-bond acceptors (Lipinski definition) is 5. The Kier molecular flexibility index (Phi) is 10.2. The molecular weight excluding hydrogens is 488 g/mol. The number of carbonyl (C=O) groups is 1. The lowest BCUT2D eigenvalue weighted by atomic mass is 9.99.